The van der Waals surface area contributed by atoms with Crippen LogP contribution in [-0.2, 0) is 11.3 Å². The lowest BCUT2D eigenvalue weighted by Gasteiger charge is -2.30. The molecule has 4 N–H and O–H groups in total. The molecule has 1 atom stereocenters. The summed E-state index contributed by atoms with van der Waals surface area (Å²) in [6.07, 6.45) is 4.11. The van der Waals surface area contributed by atoms with Gasteiger partial charge in [-0.25, -0.2) is 0 Å². The molecule has 28 heavy (non-hydrogen) atoms. The van der Waals surface area contributed by atoms with Gasteiger partial charge in [-0.05, 0) is 29.7 Å². The summed E-state index contributed by atoms with van der Waals surface area (Å²) in [5, 5.41) is 12.8. The molecule has 0 aliphatic carbocycles. The van der Waals surface area contributed by atoms with Crippen molar-refractivity contribution in [2.45, 2.75) is 38.3 Å². The van der Waals surface area contributed by atoms with Crippen LogP contribution in [0, 0.1) is 0 Å². The van der Waals surface area contributed by atoms with Gasteiger partial charge in [0.25, 0.3) is 0 Å². The number of unbranched alkanes of at least 4 members (excludes halogenated alkanes) is 1. The maximum Gasteiger partial charge on any atom is 0.222 e. The largest absolute Gasteiger partial charge is 0.497 e. The Morgan fingerprint density at radius 1 is 1.36 bits per heavy atom. The lowest BCUT2D eigenvalue weighted by molar-refractivity contribution is -0.122. The zero-order valence-electron chi connectivity index (χ0n) is 17.0. The van der Waals surface area contributed by atoms with Crippen LogP contribution >= 0.6 is 0 Å². The number of hydrogen-bond acceptors (Lipinski definition) is 5. The summed E-state index contributed by atoms with van der Waals surface area (Å²) >= 11 is 0. The summed E-state index contributed by atoms with van der Waals surface area (Å²) in [5.41, 5.74) is 2.25. The summed E-state index contributed by atoms with van der Waals surface area (Å²) in [6, 6.07) is 5.90. The third-order valence-electron chi connectivity index (χ3n) is 4.90. The Kier molecular flexibility index (Phi) is 7.70. The highest BCUT2D eigenvalue weighted by Gasteiger charge is 2.40. The molecule has 1 saturated heterocycles. The number of nitrogens with one attached hydrogen (secondary N) is 4. The van der Waals surface area contributed by atoms with E-state index in [-0.39, 0.29) is 12.3 Å². The fourth-order valence-electron chi connectivity index (χ4n) is 3.26. The van der Waals surface area contributed by atoms with Crippen molar-refractivity contribution in [1.29, 1.82) is 0 Å². The highest BCUT2D eigenvalue weighted by Crippen LogP contribution is 2.25. The van der Waals surface area contributed by atoms with Gasteiger partial charge in [0.2, 0.25) is 5.91 Å². The smallest absolute Gasteiger partial charge is 0.222 e. The maximum atomic E-state index is 12.4. The molecule has 6 nitrogen and oxygen atoms in total. The van der Waals surface area contributed by atoms with Crippen LogP contribution in [0.1, 0.15) is 37.3 Å². The maximum absolute atomic E-state index is 12.4. The van der Waals surface area contributed by atoms with Gasteiger partial charge in [0.05, 0.1) is 24.9 Å². The average Bonchev–Trinajstić information content (AvgIpc) is 2.95. The van der Waals surface area contributed by atoms with E-state index in [0.717, 1.165) is 35.4 Å². The molecular weight excluding hydrogens is 352 g/mol. The zero-order chi connectivity index (χ0) is 20.6. The fourth-order valence-corrected chi connectivity index (χ4v) is 3.26. The Labute approximate surface area is 168 Å². The van der Waals surface area contributed by atoms with Gasteiger partial charge in [-0.3, -0.25) is 4.79 Å². The van der Waals surface area contributed by atoms with Gasteiger partial charge >= 0.3 is 0 Å². The molecule has 152 valence electrons. The number of hydrogen-bond donors (Lipinski definition) is 4. The van der Waals surface area contributed by atoms with Gasteiger partial charge in [-0.1, -0.05) is 45.2 Å². The first-order valence-corrected chi connectivity index (χ1v) is 9.64. The summed E-state index contributed by atoms with van der Waals surface area (Å²) in [4.78, 5) is 12.4. The molecule has 1 amide bonds. The van der Waals surface area contributed by atoms with Crippen molar-refractivity contribution < 1.29 is 9.53 Å². The number of methoxy groups -OCH3 is 1. The standard InChI is InChI=1S/C22H32N4O2/c1-6-8-11-24-21(27)13-22(16(3)25-17(4)26-22)15-23-14-19-9-10-20(28-5)12-18(19)7-2/h7,9-10,12,23,25-26H,2-4,6,8,11,13-15H2,1,5H3,(H,24,27). The fraction of sp³-hybridized carbons (Fsp3) is 0.409. The summed E-state index contributed by atoms with van der Waals surface area (Å²) < 4.78 is 5.27. The van der Waals surface area contributed by atoms with E-state index in [1.54, 1.807) is 7.11 Å². The van der Waals surface area contributed by atoms with Crippen LogP contribution in [0.5, 0.6) is 5.75 Å². The SMILES string of the molecule is C=Cc1cc(OC)ccc1CNCC1(CC(=O)NCCCC)NC(=C)NC1=C. The molecule has 0 saturated carbocycles. The number of amides is 1. The Morgan fingerprint density at radius 3 is 2.75 bits per heavy atom. The van der Waals surface area contributed by atoms with Crippen LogP contribution in [-0.4, -0.2) is 31.6 Å². The molecule has 0 spiro atoms. The average molecular weight is 385 g/mol. The van der Waals surface area contributed by atoms with E-state index in [9.17, 15) is 4.79 Å². The first-order chi connectivity index (χ1) is 13.4. The zero-order valence-corrected chi connectivity index (χ0v) is 17.0. The molecule has 1 aliphatic heterocycles. The molecule has 1 heterocycles. The highest BCUT2D eigenvalue weighted by atomic mass is 16.5. The van der Waals surface area contributed by atoms with Crippen LogP contribution in [0.25, 0.3) is 6.08 Å². The number of ether oxygens (including phenoxy) is 1. The Morgan fingerprint density at radius 2 is 2.14 bits per heavy atom. The van der Waals surface area contributed by atoms with Crippen LogP contribution in [0.15, 0.2) is 49.5 Å². The normalized spacial score (nSPS) is 18.4. The molecule has 1 unspecified atom stereocenters. The predicted molar refractivity (Wildman–Crippen MR) is 115 cm³/mol. The van der Waals surface area contributed by atoms with E-state index in [1.165, 1.54) is 0 Å². The Bertz CT molecular complexity index is 744. The van der Waals surface area contributed by atoms with E-state index in [1.807, 2.05) is 24.3 Å². The third kappa shape index (κ3) is 5.39. The predicted octanol–water partition coefficient (Wildman–Crippen LogP) is 2.65. The van der Waals surface area contributed by atoms with Crippen molar-refractivity contribution in [3.63, 3.8) is 0 Å². The van der Waals surface area contributed by atoms with Gasteiger partial charge in [0, 0.05) is 25.3 Å². The molecule has 1 aromatic rings. The molecular formula is C22H32N4O2. The van der Waals surface area contributed by atoms with Gasteiger partial charge in [0.1, 0.15) is 5.75 Å². The molecule has 1 aliphatic rings. The van der Waals surface area contributed by atoms with Crippen molar-refractivity contribution in [3.05, 3.63) is 60.6 Å². The van der Waals surface area contributed by atoms with Crippen LogP contribution < -0.4 is 26.0 Å². The van der Waals surface area contributed by atoms with Gasteiger partial charge in [0.15, 0.2) is 0 Å². The molecule has 0 bridgehead atoms. The third-order valence-corrected chi connectivity index (χ3v) is 4.90. The van der Waals surface area contributed by atoms with Gasteiger partial charge in [-0.2, -0.15) is 0 Å². The Hall–Kier alpha value is -2.73. The van der Waals surface area contributed by atoms with Crippen LogP contribution in [0.4, 0.5) is 0 Å². The monoisotopic (exact) mass is 384 g/mol. The van der Waals surface area contributed by atoms with Crippen LogP contribution in [0.3, 0.4) is 0 Å². The number of carbonyl (C=O) groups is 1. The second kappa shape index (κ2) is 9.99. The molecule has 1 fully saturated rings. The van der Waals surface area contributed by atoms with Crippen molar-refractivity contribution in [1.82, 2.24) is 21.3 Å². The first kappa shape index (κ1) is 21.6. The summed E-state index contributed by atoms with van der Waals surface area (Å²) in [7, 11) is 1.65. The van der Waals surface area contributed by atoms with Gasteiger partial charge in [-0.15, -0.1) is 0 Å². The molecule has 1 aromatic carbocycles. The van der Waals surface area contributed by atoms with E-state index >= 15 is 0 Å². The van der Waals surface area contributed by atoms with Crippen LogP contribution in [0.2, 0.25) is 0 Å². The molecule has 2 rings (SSSR count). The van der Waals surface area contributed by atoms with Crippen molar-refractivity contribution in [2.24, 2.45) is 0 Å². The second-order valence-electron chi connectivity index (χ2n) is 7.04. The molecule has 0 radical (unpaired) electrons. The Balaban J connectivity index is 2.04. The minimum atomic E-state index is -0.617. The summed E-state index contributed by atoms with van der Waals surface area (Å²) in [5.74, 6) is 1.45. The number of carbonyl (C=O) groups excluding carboxylic acids is 1. The van der Waals surface area contributed by atoms with Crippen molar-refractivity contribution >= 4 is 12.0 Å². The van der Waals surface area contributed by atoms with E-state index in [4.69, 9.17) is 4.74 Å². The molecule has 6 heteroatoms. The van der Waals surface area contributed by atoms with E-state index in [0.29, 0.717) is 25.5 Å². The van der Waals surface area contributed by atoms with Crippen molar-refractivity contribution in [2.75, 3.05) is 20.2 Å². The van der Waals surface area contributed by atoms with Gasteiger partial charge < -0.3 is 26.0 Å². The number of benzene rings is 1. The number of rotatable bonds is 11. The quantitative estimate of drug-likeness (QED) is 0.442. The highest BCUT2D eigenvalue weighted by molar-refractivity contribution is 5.78. The topological polar surface area (TPSA) is 74.4 Å². The second-order valence-corrected chi connectivity index (χ2v) is 7.04. The van der Waals surface area contributed by atoms with E-state index in [2.05, 4.69) is 47.9 Å². The summed E-state index contributed by atoms with van der Waals surface area (Å²) in [6.45, 7) is 15.9. The van der Waals surface area contributed by atoms with Crippen molar-refractivity contribution in [3.8, 4) is 5.75 Å². The lowest BCUT2D eigenvalue weighted by atomic mass is 9.92. The molecule has 0 aromatic heterocycles. The lowest BCUT2D eigenvalue weighted by Crippen LogP contribution is -2.52. The van der Waals surface area contributed by atoms with E-state index < -0.39 is 5.54 Å². The first-order valence-electron chi connectivity index (χ1n) is 9.64. The minimum Gasteiger partial charge on any atom is -0.497 e. The minimum absolute atomic E-state index is 0.00312.